The van der Waals surface area contributed by atoms with Crippen molar-refractivity contribution in [2.75, 3.05) is 4.90 Å². The summed E-state index contributed by atoms with van der Waals surface area (Å²) in [6.45, 7) is 0.433. The highest BCUT2D eigenvalue weighted by Crippen LogP contribution is 2.28. The van der Waals surface area contributed by atoms with Crippen LogP contribution in [0.15, 0.2) is 84.6 Å². The number of urea groups is 1. The van der Waals surface area contributed by atoms with Crippen LogP contribution in [0.1, 0.15) is 16.7 Å². The maximum absolute atomic E-state index is 13.3. The first-order valence-corrected chi connectivity index (χ1v) is 11.1. The van der Waals surface area contributed by atoms with E-state index in [0.29, 0.717) is 28.4 Å². The molecule has 0 radical (unpaired) electrons. The number of amides is 4. The van der Waals surface area contributed by atoms with Crippen molar-refractivity contribution in [3.63, 3.8) is 0 Å². The maximum Gasteiger partial charge on any atom is 0.335 e. The molecule has 35 heavy (non-hydrogen) atoms. The van der Waals surface area contributed by atoms with Gasteiger partial charge in [-0.2, -0.15) is 5.26 Å². The molecule has 0 spiro atoms. The minimum absolute atomic E-state index is 0.167. The smallest absolute Gasteiger partial charge is 0.335 e. The minimum Gasteiger partial charge on any atom is -0.342 e. The fourth-order valence-corrected chi connectivity index (χ4v) is 4.24. The molecule has 8 heteroatoms. The van der Waals surface area contributed by atoms with Gasteiger partial charge in [0.05, 0.1) is 17.3 Å². The van der Waals surface area contributed by atoms with Gasteiger partial charge in [0.15, 0.2) is 0 Å². The third-order valence-electron chi connectivity index (χ3n) is 5.78. The van der Waals surface area contributed by atoms with Gasteiger partial charge in [-0.1, -0.05) is 48.0 Å². The number of para-hydroxylation sites is 1. The highest BCUT2D eigenvalue weighted by Gasteiger charge is 2.37. The highest BCUT2D eigenvalue weighted by molar-refractivity contribution is 6.39. The van der Waals surface area contributed by atoms with Gasteiger partial charge in [-0.3, -0.25) is 14.9 Å². The number of nitriles is 1. The van der Waals surface area contributed by atoms with E-state index in [9.17, 15) is 19.6 Å². The number of aromatic nitrogens is 1. The van der Waals surface area contributed by atoms with Crippen molar-refractivity contribution in [3.8, 4) is 6.07 Å². The molecule has 0 aliphatic carbocycles. The zero-order chi connectivity index (χ0) is 24.5. The maximum atomic E-state index is 13.3. The van der Waals surface area contributed by atoms with Crippen LogP contribution in [0.4, 0.5) is 10.5 Å². The molecule has 5 rings (SSSR count). The second kappa shape index (κ2) is 8.93. The summed E-state index contributed by atoms with van der Waals surface area (Å²) < 4.78 is 1.96. The van der Waals surface area contributed by atoms with Crippen molar-refractivity contribution in [1.82, 2.24) is 9.88 Å². The number of nitrogens with zero attached hydrogens (tertiary/aromatic N) is 3. The number of rotatable bonds is 4. The lowest BCUT2D eigenvalue weighted by Gasteiger charge is -2.26. The van der Waals surface area contributed by atoms with Crippen molar-refractivity contribution < 1.29 is 14.4 Å². The third-order valence-corrected chi connectivity index (χ3v) is 6.04. The van der Waals surface area contributed by atoms with Gasteiger partial charge in [0.1, 0.15) is 5.57 Å². The molecule has 0 saturated carbocycles. The van der Waals surface area contributed by atoms with Gasteiger partial charge in [0, 0.05) is 34.2 Å². The molecule has 170 valence electrons. The number of benzene rings is 3. The third kappa shape index (κ3) is 4.07. The van der Waals surface area contributed by atoms with Crippen LogP contribution < -0.4 is 10.2 Å². The second-order valence-electron chi connectivity index (χ2n) is 7.93. The monoisotopic (exact) mass is 480 g/mol. The number of halogens is 1. The van der Waals surface area contributed by atoms with Crippen molar-refractivity contribution in [1.29, 1.82) is 5.26 Å². The zero-order valence-electron chi connectivity index (χ0n) is 18.2. The number of hydrogen-bond acceptors (Lipinski definition) is 4. The molecule has 4 aromatic rings. The first-order chi connectivity index (χ1) is 17.0. The normalized spacial score (nSPS) is 14.9. The Balaban J connectivity index is 1.58. The average Bonchev–Trinajstić information content (AvgIpc) is 3.20. The number of nitrogens with one attached hydrogen (secondary N) is 1. The number of barbiturate groups is 1. The van der Waals surface area contributed by atoms with Crippen molar-refractivity contribution in [3.05, 3.63) is 106 Å². The Labute approximate surface area is 205 Å². The standard InChI is InChI=1S/C27H17ClN4O3/c28-20-9-11-21(12-10-20)32-26(34)23(25(33)30-27(32)35)13-19-16-31(24-8-4-3-7-22(19)24)15-18-6-2-1-5-17(18)14-29/h1-13,16H,15H2,(H,30,33,35). The summed E-state index contributed by atoms with van der Waals surface area (Å²) >= 11 is 5.93. The Morgan fingerprint density at radius 3 is 2.43 bits per heavy atom. The predicted molar refractivity (Wildman–Crippen MR) is 133 cm³/mol. The van der Waals surface area contributed by atoms with E-state index in [1.807, 2.05) is 53.2 Å². The fourth-order valence-electron chi connectivity index (χ4n) is 4.11. The summed E-state index contributed by atoms with van der Waals surface area (Å²) in [5.41, 5.74) is 3.07. The number of carbonyl (C=O) groups excluding carboxylic acids is 3. The molecule has 0 atom stereocenters. The average molecular weight is 481 g/mol. The van der Waals surface area contributed by atoms with Crippen LogP contribution in [0.2, 0.25) is 5.02 Å². The van der Waals surface area contributed by atoms with Gasteiger partial charge in [0.25, 0.3) is 11.8 Å². The number of imide groups is 2. The van der Waals surface area contributed by atoms with E-state index in [1.165, 1.54) is 18.2 Å². The van der Waals surface area contributed by atoms with E-state index in [0.717, 1.165) is 21.4 Å². The number of carbonyl (C=O) groups is 3. The van der Waals surface area contributed by atoms with Crippen LogP contribution in [0, 0.1) is 11.3 Å². The van der Waals surface area contributed by atoms with Gasteiger partial charge in [-0.05, 0) is 48.0 Å². The summed E-state index contributed by atoms with van der Waals surface area (Å²) in [5, 5.41) is 13.0. The van der Waals surface area contributed by atoms with Crippen LogP contribution in [0.5, 0.6) is 0 Å². The zero-order valence-corrected chi connectivity index (χ0v) is 19.0. The molecule has 2 heterocycles. The Bertz CT molecular complexity index is 1580. The fraction of sp³-hybridized carbons (Fsp3) is 0.0370. The van der Waals surface area contributed by atoms with Crippen molar-refractivity contribution in [2.24, 2.45) is 0 Å². The minimum atomic E-state index is -0.824. The van der Waals surface area contributed by atoms with Gasteiger partial charge in [0.2, 0.25) is 0 Å². The van der Waals surface area contributed by atoms with Crippen molar-refractivity contribution in [2.45, 2.75) is 6.54 Å². The van der Waals surface area contributed by atoms with E-state index < -0.39 is 17.8 Å². The van der Waals surface area contributed by atoms with Crippen LogP contribution in [0.25, 0.3) is 17.0 Å². The molecular formula is C27H17ClN4O3. The van der Waals surface area contributed by atoms with Crippen LogP contribution in [-0.4, -0.2) is 22.4 Å². The lowest BCUT2D eigenvalue weighted by atomic mass is 10.1. The van der Waals surface area contributed by atoms with Gasteiger partial charge in [-0.25, -0.2) is 9.69 Å². The molecule has 1 fully saturated rings. The number of hydrogen-bond donors (Lipinski definition) is 1. The number of anilines is 1. The van der Waals surface area contributed by atoms with Crippen LogP contribution >= 0.6 is 11.6 Å². The van der Waals surface area contributed by atoms with Crippen LogP contribution in [0.3, 0.4) is 0 Å². The summed E-state index contributed by atoms with van der Waals surface area (Å²) in [6, 6.07) is 22.5. The lowest BCUT2D eigenvalue weighted by molar-refractivity contribution is -0.122. The molecule has 1 aliphatic heterocycles. The molecule has 1 aliphatic rings. The molecule has 0 unspecified atom stereocenters. The van der Waals surface area contributed by atoms with E-state index in [-0.39, 0.29) is 5.57 Å². The first kappa shape index (κ1) is 22.1. The predicted octanol–water partition coefficient (Wildman–Crippen LogP) is 4.88. The SMILES string of the molecule is N#Cc1ccccc1Cn1cc(C=C2C(=O)NC(=O)N(c3ccc(Cl)cc3)C2=O)c2ccccc21. The van der Waals surface area contributed by atoms with E-state index in [4.69, 9.17) is 11.6 Å². The van der Waals surface area contributed by atoms with Gasteiger partial charge in [-0.15, -0.1) is 0 Å². The summed E-state index contributed by atoms with van der Waals surface area (Å²) in [5.74, 6) is -1.50. The molecule has 1 N–H and O–H groups in total. The lowest BCUT2D eigenvalue weighted by Crippen LogP contribution is -2.54. The summed E-state index contributed by atoms with van der Waals surface area (Å²) in [4.78, 5) is 39.3. The molecule has 0 bridgehead atoms. The Morgan fingerprint density at radius 1 is 0.943 bits per heavy atom. The van der Waals surface area contributed by atoms with Gasteiger partial charge < -0.3 is 4.57 Å². The first-order valence-electron chi connectivity index (χ1n) is 10.7. The van der Waals surface area contributed by atoms with Crippen molar-refractivity contribution >= 4 is 52.1 Å². The molecule has 7 nitrogen and oxygen atoms in total. The molecule has 1 aromatic heterocycles. The number of fused-ring (bicyclic) bond motifs is 1. The Hall–Kier alpha value is -4.67. The molecular weight excluding hydrogens is 464 g/mol. The molecule has 1 saturated heterocycles. The Morgan fingerprint density at radius 2 is 1.66 bits per heavy atom. The summed E-state index contributed by atoms with van der Waals surface area (Å²) in [6.07, 6.45) is 3.32. The highest BCUT2D eigenvalue weighted by atomic mass is 35.5. The summed E-state index contributed by atoms with van der Waals surface area (Å²) in [7, 11) is 0. The largest absolute Gasteiger partial charge is 0.342 e. The van der Waals surface area contributed by atoms with Crippen LogP contribution in [-0.2, 0) is 16.1 Å². The topological polar surface area (TPSA) is 95.2 Å². The quantitative estimate of drug-likeness (QED) is 0.332. The van der Waals surface area contributed by atoms with E-state index in [1.54, 1.807) is 18.2 Å². The van der Waals surface area contributed by atoms with E-state index >= 15 is 0 Å². The Kier molecular flexibility index (Phi) is 5.65. The molecule has 3 aromatic carbocycles. The van der Waals surface area contributed by atoms with E-state index in [2.05, 4.69) is 11.4 Å². The molecule has 4 amide bonds. The van der Waals surface area contributed by atoms with Gasteiger partial charge >= 0.3 is 6.03 Å². The second-order valence-corrected chi connectivity index (χ2v) is 8.37.